The lowest BCUT2D eigenvalue weighted by atomic mass is 9.98. The Labute approximate surface area is 228 Å². The molecule has 204 valence electrons. The normalized spacial score (nSPS) is 13.1. The van der Waals surface area contributed by atoms with E-state index in [9.17, 15) is 14.4 Å². The number of esters is 1. The molecule has 8 nitrogen and oxygen atoms in total. The molecule has 4 rings (SSSR count). The highest BCUT2D eigenvalue weighted by Gasteiger charge is 2.31. The molecule has 0 spiro atoms. The van der Waals surface area contributed by atoms with Gasteiger partial charge in [-0.05, 0) is 60.7 Å². The Morgan fingerprint density at radius 3 is 2.10 bits per heavy atom. The number of hydrogen-bond donors (Lipinski definition) is 2. The molecular formula is C31H34N2O6. The minimum atomic E-state index is -1.02. The Balaban J connectivity index is 1.50. The molecule has 0 saturated carbocycles. The zero-order chi connectivity index (χ0) is 28.2. The second-order valence-electron chi connectivity index (χ2n) is 10.4. The summed E-state index contributed by atoms with van der Waals surface area (Å²) in [5.41, 5.74) is 4.73. The summed E-state index contributed by atoms with van der Waals surface area (Å²) in [6.07, 6.45) is -0.606. The van der Waals surface area contributed by atoms with Gasteiger partial charge in [0.25, 0.3) is 5.91 Å². The first-order valence-corrected chi connectivity index (χ1v) is 12.8. The van der Waals surface area contributed by atoms with Gasteiger partial charge in [-0.2, -0.15) is 0 Å². The maximum Gasteiger partial charge on any atom is 0.407 e. The van der Waals surface area contributed by atoms with E-state index in [4.69, 9.17) is 14.2 Å². The first-order valence-electron chi connectivity index (χ1n) is 12.8. The summed E-state index contributed by atoms with van der Waals surface area (Å²) in [6.45, 7) is 5.40. The van der Waals surface area contributed by atoms with Crippen LogP contribution in [-0.2, 0) is 20.7 Å². The van der Waals surface area contributed by atoms with E-state index in [0.29, 0.717) is 16.9 Å². The minimum absolute atomic E-state index is 0.107. The van der Waals surface area contributed by atoms with E-state index in [1.807, 2.05) is 36.4 Å². The SMILES string of the molecule is CNC(=O)c1ccc(C[C@H](NC(=O)OCC2c3ccccc3-c3ccccc32)C(=O)OC(C)(C)C)cc1OC. The zero-order valence-corrected chi connectivity index (χ0v) is 22.9. The number of ether oxygens (including phenoxy) is 3. The first-order chi connectivity index (χ1) is 18.6. The molecule has 3 aromatic carbocycles. The zero-order valence-electron chi connectivity index (χ0n) is 22.9. The highest BCUT2D eigenvalue weighted by atomic mass is 16.6. The van der Waals surface area contributed by atoms with Crippen molar-refractivity contribution in [2.24, 2.45) is 0 Å². The molecule has 0 heterocycles. The van der Waals surface area contributed by atoms with E-state index < -0.39 is 23.7 Å². The van der Waals surface area contributed by atoms with Crippen LogP contribution in [0.25, 0.3) is 11.1 Å². The lowest BCUT2D eigenvalue weighted by Crippen LogP contribution is -2.46. The quantitative estimate of drug-likeness (QED) is 0.404. The number of alkyl carbamates (subject to hydrolysis) is 1. The van der Waals surface area contributed by atoms with Crippen molar-refractivity contribution in [3.63, 3.8) is 0 Å². The molecule has 0 fully saturated rings. The predicted molar refractivity (Wildman–Crippen MR) is 148 cm³/mol. The summed E-state index contributed by atoms with van der Waals surface area (Å²) in [5, 5.41) is 5.26. The maximum atomic E-state index is 13.1. The molecule has 0 aliphatic heterocycles. The Morgan fingerprint density at radius 1 is 0.923 bits per heavy atom. The number of nitrogens with one attached hydrogen (secondary N) is 2. The van der Waals surface area contributed by atoms with E-state index in [0.717, 1.165) is 22.3 Å². The fourth-order valence-corrected chi connectivity index (χ4v) is 4.77. The third-order valence-corrected chi connectivity index (χ3v) is 6.50. The van der Waals surface area contributed by atoms with E-state index in [1.165, 1.54) is 14.2 Å². The highest BCUT2D eigenvalue weighted by Crippen LogP contribution is 2.44. The Kier molecular flexibility index (Phi) is 8.24. The van der Waals surface area contributed by atoms with Crippen LogP contribution in [0, 0.1) is 0 Å². The van der Waals surface area contributed by atoms with Gasteiger partial charge >= 0.3 is 12.1 Å². The van der Waals surface area contributed by atoms with Gasteiger partial charge < -0.3 is 24.8 Å². The van der Waals surface area contributed by atoms with Crippen molar-refractivity contribution in [1.82, 2.24) is 10.6 Å². The molecule has 0 saturated heterocycles. The first kappa shape index (κ1) is 27.7. The van der Waals surface area contributed by atoms with Crippen LogP contribution >= 0.6 is 0 Å². The maximum absolute atomic E-state index is 13.1. The average Bonchev–Trinajstić information content (AvgIpc) is 3.23. The topological polar surface area (TPSA) is 103 Å². The standard InChI is InChI=1S/C31H34N2O6/c1-31(2,3)39-29(35)26(16-19-14-15-24(28(34)32-4)27(17-19)37-5)33-30(36)38-18-25-22-12-8-6-10-20(22)21-11-7-9-13-23(21)25/h6-15,17,25-26H,16,18H2,1-5H3,(H,32,34)(H,33,36)/t26-/m0/s1. The molecule has 1 aliphatic carbocycles. The van der Waals surface area contributed by atoms with Gasteiger partial charge in [-0.15, -0.1) is 0 Å². The molecule has 1 atom stereocenters. The van der Waals surface area contributed by atoms with Crippen molar-refractivity contribution in [2.45, 2.75) is 44.8 Å². The molecule has 1 aliphatic rings. The van der Waals surface area contributed by atoms with Gasteiger partial charge in [0, 0.05) is 19.4 Å². The summed E-state index contributed by atoms with van der Waals surface area (Å²) in [6, 6.07) is 20.1. The van der Waals surface area contributed by atoms with Crippen LogP contribution in [0.2, 0.25) is 0 Å². The van der Waals surface area contributed by atoms with E-state index in [-0.39, 0.29) is 24.9 Å². The van der Waals surface area contributed by atoms with Gasteiger partial charge in [0.15, 0.2) is 0 Å². The molecule has 0 bridgehead atoms. The fraction of sp³-hybridized carbons (Fsp3) is 0.323. The molecule has 8 heteroatoms. The van der Waals surface area contributed by atoms with Crippen molar-refractivity contribution < 1.29 is 28.6 Å². The summed E-state index contributed by atoms with van der Waals surface area (Å²) in [7, 11) is 3.00. The third-order valence-electron chi connectivity index (χ3n) is 6.50. The largest absolute Gasteiger partial charge is 0.496 e. The lowest BCUT2D eigenvalue weighted by Gasteiger charge is -2.25. The van der Waals surface area contributed by atoms with Crippen molar-refractivity contribution >= 4 is 18.0 Å². The van der Waals surface area contributed by atoms with Crippen LogP contribution in [-0.4, -0.2) is 50.4 Å². The van der Waals surface area contributed by atoms with Crippen LogP contribution in [0.3, 0.4) is 0 Å². The summed E-state index contributed by atoms with van der Waals surface area (Å²) >= 11 is 0. The Morgan fingerprint density at radius 2 is 1.54 bits per heavy atom. The van der Waals surface area contributed by atoms with Crippen molar-refractivity contribution in [3.05, 3.63) is 89.0 Å². The summed E-state index contributed by atoms with van der Waals surface area (Å²) < 4.78 is 16.6. The molecule has 0 aromatic heterocycles. The molecular weight excluding hydrogens is 496 g/mol. The molecule has 0 radical (unpaired) electrons. The third kappa shape index (κ3) is 6.39. The molecule has 39 heavy (non-hydrogen) atoms. The van der Waals surface area contributed by atoms with Gasteiger partial charge in [-0.1, -0.05) is 54.6 Å². The number of carbonyl (C=O) groups is 3. The second-order valence-corrected chi connectivity index (χ2v) is 10.4. The number of methoxy groups -OCH3 is 1. The van der Waals surface area contributed by atoms with Crippen molar-refractivity contribution in [3.8, 4) is 16.9 Å². The fourth-order valence-electron chi connectivity index (χ4n) is 4.77. The van der Waals surface area contributed by atoms with E-state index in [2.05, 4.69) is 22.8 Å². The van der Waals surface area contributed by atoms with Crippen LogP contribution in [0.4, 0.5) is 4.79 Å². The van der Waals surface area contributed by atoms with E-state index >= 15 is 0 Å². The highest BCUT2D eigenvalue weighted by molar-refractivity contribution is 5.96. The van der Waals surface area contributed by atoms with Gasteiger partial charge in [0.05, 0.1) is 12.7 Å². The van der Waals surface area contributed by atoms with Crippen LogP contribution in [0.1, 0.15) is 53.7 Å². The summed E-state index contributed by atoms with van der Waals surface area (Å²) in [4.78, 5) is 38.2. The van der Waals surface area contributed by atoms with Crippen LogP contribution in [0.5, 0.6) is 5.75 Å². The Bertz CT molecular complexity index is 1330. The van der Waals surface area contributed by atoms with Gasteiger partial charge in [-0.3, -0.25) is 4.79 Å². The van der Waals surface area contributed by atoms with E-state index in [1.54, 1.807) is 39.0 Å². The van der Waals surface area contributed by atoms with Crippen LogP contribution in [0.15, 0.2) is 66.7 Å². The molecule has 3 aromatic rings. The van der Waals surface area contributed by atoms with Crippen LogP contribution < -0.4 is 15.4 Å². The molecule has 0 unspecified atom stereocenters. The number of amides is 2. The average molecular weight is 531 g/mol. The molecule has 2 N–H and O–H groups in total. The number of hydrogen-bond acceptors (Lipinski definition) is 6. The molecule has 2 amide bonds. The van der Waals surface area contributed by atoms with Crippen molar-refractivity contribution in [2.75, 3.05) is 20.8 Å². The number of carbonyl (C=O) groups excluding carboxylic acids is 3. The predicted octanol–water partition coefficient (Wildman–Crippen LogP) is 4.85. The lowest BCUT2D eigenvalue weighted by molar-refractivity contribution is -0.157. The monoisotopic (exact) mass is 530 g/mol. The van der Waals surface area contributed by atoms with Crippen molar-refractivity contribution in [1.29, 1.82) is 0 Å². The number of benzene rings is 3. The minimum Gasteiger partial charge on any atom is -0.496 e. The second kappa shape index (κ2) is 11.6. The number of fused-ring (bicyclic) bond motifs is 3. The van der Waals surface area contributed by atoms with Gasteiger partial charge in [-0.25, -0.2) is 9.59 Å². The Hall–Kier alpha value is -4.33. The van der Waals surface area contributed by atoms with Gasteiger partial charge in [0.1, 0.15) is 24.0 Å². The smallest absolute Gasteiger partial charge is 0.407 e. The summed E-state index contributed by atoms with van der Waals surface area (Å²) in [5.74, 6) is -0.634. The number of rotatable bonds is 8. The van der Waals surface area contributed by atoms with Gasteiger partial charge in [0.2, 0.25) is 0 Å².